The van der Waals surface area contributed by atoms with Gasteiger partial charge in [-0.1, -0.05) is 0 Å². The van der Waals surface area contributed by atoms with E-state index in [0.29, 0.717) is 0 Å². The van der Waals surface area contributed by atoms with E-state index in [1.807, 2.05) is 24.7 Å². The first-order chi connectivity index (χ1) is 8.83. The summed E-state index contributed by atoms with van der Waals surface area (Å²) in [7, 11) is 0. The number of pyridine rings is 1. The normalized spacial score (nSPS) is 10.7. The van der Waals surface area contributed by atoms with E-state index in [2.05, 4.69) is 45.6 Å². The number of benzene rings is 1. The van der Waals surface area contributed by atoms with Crippen LogP contribution in [0.15, 0.2) is 42.9 Å². The van der Waals surface area contributed by atoms with Crippen LogP contribution in [0.5, 0.6) is 0 Å². The second-order valence-electron chi connectivity index (χ2n) is 4.33. The van der Waals surface area contributed by atoms with Gasteiger partial charge in [-0.05, 0) is 42.3 Å². The predicted molar refractivity (Wildman–Crippen MR) is 72.4 cm³/mol. The molecule has 0 unspecified atom stereocenters. The molecule has 0 saturated heterocycles. The van der Waals surface area contributed by atoms with Crippen molar-refractivity contribution in [2.75, 3.05) is 5.32 Å². The second kappa shape index (κ2) is 4.49. The van der Waals surface area contributed by atoms with Crippen LogP contribution in [0.1, 0.15) is 11.1 Å². The van der Waals surface area contributed by atoms with Gasteiger partial charge in [-0.15, -0.1) is 0 Å². The Morgan fingerprint density at radius 1 is 1.22 bits per heavy atom. The summed E-state index contributed by atoms with van der Waals surface area (Å²) in [5.74, 6) is 0. The monoisotopic (exact) mass is 238 g/mol. The number of nitrogens with one attached hydrogen (secondary N) is 2. The first-order valence-electron chi connectivity index (χ1n) is 5.89. The van der Waals surface area contributed by atoms with Crippen molar-refractivity contribution in [2.24, 2.45) is 0 Å². The van der Waals surface area contributed by atoms with Gasteiger partial charge in [-0.3, -0.25) is 10.1 Å². The minimum absolute atomic E-state index is 0.777. The lowest BCUT2D eigenvalue weighted by molar-refractivity contribution is 1.08. The first kappa shape index (κ1) is 10.8. The minimum atomic E-state index is 0.777. The van der Waals surface area contributed by atoms with Crippen LogP contribution in [0.2, 0.25) is 0 Å². The highest BCUT2D eigenvalue weighted by atomic mass is 15.1. The van der Waals surface area contributed by atoms with E-state index in [1.165, 1.54) is 11.1 Å². The number of H-pyrrole nitrogens is 1. The number of fused-ring (bicyclic) bond motifs is 1. The zero-order chi connectivity index (χ0) is 12.4. The lowest BCUT2D eigenvalue weighted by atomic mass is 10.1. The third-order valence-corrected chi connectivity index (χ3v) is 3.07. The zero-order valence-corrected chi connectivity index (χ0v) is 10.1. The Labute approximate surface area is 105 Å². The van der Waals surface area contributed by atoms with Gasteiger partial charge in [0.1, 0.15) is 0 Å². The Kier molecular flexibility index (Phi) is 2.68. The van der Waals surface area contributed by atoms with Crippen molar-refractivity contribution in [1.82, 2.24) is 15.2 Å². The SMILES string of the molecule is Cc1ccncc1CNc1ccc2cn[nH]c2c1. The molecule has 0 aliphatic carbocycles. The van der Waals surface area contributed by atoms with E-state index >= 15 is 0 Å². The van der Waals surface area contributed by atoms with E-state index in [-0.39, 0.29) is 0 Å². The van der Waals surface area contributed by atoms with Crippen molar-refractivity contribution in [3.05, 3.63) is 54.0 Å². The molecule has 0 radical (unpaired) electrons. The molecule has 0 saturated carbocycles. The molecule has 4 nitrogen and oxygen atoms in total. The fraction of sp³-hybridized carbons (Fsp3) is 0.143. The fourth-order valence-corrected chi connectivity index (χ4v) is 1.93. The number of nitrogens with zero attached hydrogens (tertiary/aromatic N) is 2. The van der Waals surface area contributed by atoms with Crippen molar-refractivity contribution in [3.63, 3.8) is 0 Å². The molecule has 3 rings (SSSR count). The maximum absolute atomic E-state index is 4.14. The van der Waals surface area contributed by atoms with Gasteiger partial charge in [0.15, 0.2) is 0 Å². The summed E-state index contributed by atoms with van der Waals surface area (Å²) in [6.45, 7) is 2.87. The maximum atomic E-state index is 4.14. The number of anilines is 1. The molecule has 0 spiro atoms. The van der Waals surface area contributed by atoms with Crippen molar-refractivity contribution in [3.8, 4) is 0 Å². The summed E-state index contributed by atoms with van der Waals surface area (Å²) >= 11 is 0. The number of hydrogen-bond donors (Lipinski definition) is 2. The molecular weight excluding hydrogens is 224 g/mol. The van der Waals surface area contributed by atoms with Gasteiger partial charge in [0.25, 0.3) is 0 Å². The number of aryl methyl sites for hydroxylation is 1. The van der Waals surface area contributed by atoms with Crippen LogP contribution in [-0.4, -0.2) is 15.2 Å². The van der Waals surface area contributed by atoms with Crippen LogP contribution in [0.4, 0.5) is 5.69 Å². The summed E-state index contributed by atoms with van der Waals surface area (Å²) in [5, 5.41) is 11.5. The molecule has 0 aliphatic rings. The van der Waals surface area contributed by atoms with Gasteiger partial charge in [-0.2, -0.15) is 5.10 Å². The summed E-state index contributed by atoms with van der Waals surface area (Å²) < 4.78 is 0. The Hall–Kier alpha value is -2.36. The minimum Gasteiger partial charge on any atom is -0.381 e. The predicted octanol–water partition coefficient (Wildman–Crippen LogP) is 2.88. The fourth-order valence-electron chi connectivity index (χ4n) is 1.93. The van der Waals surface area contributed by atoms with E-state index in [9.17, 15) is 0 Å². The summed E-state index contributed by atoms with van der Waals surface area (Å²) in [6.07, 6.45) is 5.54. The highest BCUT2D eigenvalue weighted by Gasteiger charge is 2.00. The van der Waals surface area contributed by atoms with Gasteiger partial charge in [0, 0.05) is 30.0 Å². The maximum Gasteiger partial charge on any atom is 0.0670 e. The van der Waals surface area contributed by atoms with Gasteiger partial charge in [-0.25, -0.2) is 0 Å². The number of rotatable bonds is 3. The average Bonchev–Trinajstić information content (AvgIpc) is 2.85. The lowest BCUT2D eigenvalue weighted by Gasteiger charge is -2.08. The Balaban J connectivity index is 1.78. The molecule has 2 N–H and O–H groups in total. The molecule has 2 heterocycles. The molecule has 0 amide bonds. The molecule has 0 atom stereocenters. The molecule has 0 fully saturated rings. The molecule has 0 bridgehead atoms. The van der Waals surface area contributed by atoms with E-state index in [4.69, 9.17) is 0 Å². The number of hydrogen-bond acceptors (Lipinski definition) is 3. The van der Waals surface area contributed by atoms with Crippen LogP contribution < -0.4 is 5.32 Å². The molecule has 18 heavy (non-hydrogen) atoms. The Morgan fingerprint density at radius 3 is 3.06 bits per heavy atom. The van der Waals surface area contributed by atoms with Crippen molar-refractivity contribution in [2.45, 2.75) is 13.5 Å². The van der Waals surface area contributed by atoms with Gasteiger partial charge in [0.05, 0.1) is 11.7 Å². The third-order valence-electron chi connectivity index (χ3n) is 3.07. The van der Waals surface area contributed by atoms with Crippen LogP contribution in [-0.2, 0) is 6.54 Å². The van der Waals surface area contributed by atoms with Crippen LogP contribution in [0.25, 0.3) is 10.9 Å². The molecule has 90 valence electrons. The topological polar surface area (TPSA) is 53.6 Å². The van der Waals surface area contributed by atoms with E-state index in [1.54, 1.807) is 0 Å². The molecular formula is C14H14N4. The largest absolute Gasteiger partial charge is 0.381 e. The van der Waals surface area contributed by atoms with Gasteiger partial charge in [0.2, 0.25) is 0 Å². The van der Waals surface area contributed by atoms with Crippen molar-refractivity contribution >= 4 is 16.6 Å². The zero-order valence-electron chi connectivity index (χ0n) is 10.1. The highest BCUT2D eigenvalue weighted by molar-refractivity contribution is 5.81. The van der Waals surface area contributed by atoms with Gasteiger partial charge < -0.3 is 5.32 Å². The average molecular weight is 238 g/mol. The Bertz CT molecular complexity index is 672. The Morgan fingerprint density at radius 2 is 2.17 bits per heavy atom. The second-order valence-corrected chi connectivity index (χ2v) is 4.33. The summed E-state index contributed by atoms with van der Waals surface area (Å²) in [5.41, 5.74) is 4.58. The molecule has 4 heteroatoms. The van der Waals surface area contributed by atoms with Gasteiger partial charge >= 0.3 is 0 Å². The lowest BCUT2D eigenvalue weighted by Crippen LogP contribution is -2.01. The molecule has 3 aromatic rings. The quantitative estimate of drug-likeness (QED) is 0.737. The van der Waals surface area contributed by atoms with Crippen molar-refractivity contribution in [1.29, 1.82) is 0 Å². The van der Waals surface area contributed by atoms with Crippen LogP contribution in [0.3, 0.4) is 0 Å². The van der Waals surface area contributed by atoms with Crippen molar-refractivity contribution < 1.29 is 0 Å². The molecule has 2 aromatic heterocycles. The smallest absolute Gasteiger partial charge is 0.0670 e. The summed E-state index contributed by atoms with van der Waals surface area (Å²) in [4.78, 5) is 4.14. The number of aromatic nitrogens is 3. The molecule has 0 aliphatic heterocycles. The van der Waals surface area contributed by atoms with E-state index in [0.717, 1.165) is 23.1 Å². The van der Waals surface area contributed by atoms with Crippen LogP contribution >= 0.6 is 0 Å². The first-order valence-corrected chi connectivity index (χ1v) is 5.89. The standard InChI is InChI=1S/C14H14N4/c1-10-4-5-15-7-12(10)8-16-13-3-2-11-9-17-18-14(11)6-13/h2-7,9,16H,8H2,1H3,(H,17,18). The number of aromatic amines is 1. The van der Waals surface area contributed by atoms with E-state index < -0.39 is 0 Å². The highest BCUT2D eigenvalue weighted by Crippen LogP contribution is 2.17. The molecule has 1 aromatic carbocycles. The van der Waals surface area contributed by atoms with Crippen LogP contribution in [0, 0.1) is 6.92 Å². The summed E-state index contributed by atoms with van der Waals surface area (Å²) in [6, 6.07) is 8.20. The third kappa shape index (κ3) is 2.05.